The molecule has 84 valence electrons. The van der Waals surface area contributed by atoms with Crippen molar-refractivity contribution < 1.29 is 4.74 Å². The smallest absolute Gasteiger partial charge is 0.226 e. The molecule has 15 heavy (non-hydrogen) atoms. The normalized spacial score (nSPS) is 12.2. The zero-order valence-corrected chi connectivity index (χ0v) is 9.23. The van der Waals surface area contributed by atoms with E-state index in [2.05, 4.69) is 15.3 Å². The molecule has 0 aromatic carbocycles. The van der Waals surface area contributed by atoms with Gasteiger partial charge >= 0.3 is 0 Å². The van der Waals surface area contributed by atoms with Crippen molar-refractivity contribution in [3.63, 3.8) is 0 Å². The van der Waals surface area contributed by atoms with Gasteiger partial charge < -0.3 is 15.8 Å². The van der Waals surface area contributed by atoms with Gasteiger partial charge in [-0.2, -0.15) is 4.98 Å². The van der Waals surface area contributed by atoms with Crippen LogP contribution >= 0.6 is 0 Å². The van der Waals surface area contributed by atoms with E-state index in [1.54, 1.807) is 12.3 Å². The van der Waals surface area contributed by atoms with E-state index >= 15 is 0 Å². The Morgan fingerprint density at radius 2 is 2.40 bits per heavy atom. The van der Waals surface area contributed by atoms with Crippen LogP contribution in [0.15, 0.2) is 12.3 Å². The highest BCUT2D eigenvalue weighted by atomic mass is 16.5. The third-order valence-electron chi connectivity index (χ3n) is 1.90. The predicted molar refractivity (Wildman–Crippen MR) is 60.0 cm³/mol. The van der Waals surface area contributed by atoms with Crippen LogP contribution in [-0.2, 0) is 0 Å². The SMILES string of the molecule is CCOc1ccnc(NC(C)CCN)n1. The first-order chi connectivity index (χ1) is 7.26. The molecular weight excluding hydrogens is 192 g/mol. The standard InChI is InChI=1S/C10H18N4O/c1-3-15-9-5-7-12-10(14-9)13-8(2)4-6-11/h5,7-8H,3-4,6,11H2,1-2H3,(H,12,13,14). The number of hydrogen-bond donors (Lipinski definition) is 2. The van der Waals surface area contributed by atoms with E-state index in [1.165, 1.54) is 0 Å². The van der Waals surface area contributed by atoms with Crippen LogP contribution in [0.5, 0.6) is 5.88 Å². The summed E-state index contributed by atoms with van der Waals surface area (Å²) in [5.74, 6) is 1.18. The first-order valence-corrected chi connectivity index (χ1v) is 5.18. The van der Waals surface area contributed by atoms with Crippen molar-refractivity contribution in [3.05, 3.63) is 12.3 Å². The number of anilines is 1. The maximum absolute atomic E-state index is 5.46. The molecule has 3 N–H and O–H groups in total. The maximum atomic E-state index is 5.46. The molecule has 1 atom stereocenters. The molecule has 0 saturated carbocycles. The van der Waals surface area contributed by atoms with E-state index < -0.39 is 0 Å². The Morgan fingerprint density at radius 3 is 3.07 bits per heavy atom. The maximum Gasteiger partial charge on any atom is 0.226 e. The highest BCUT2D eigenvalue weighted by molar-refractivity contribution is 5.28. The lowest BCUT2D eigenvalue weighted by Gasteiger charge is -2.12. The topological polar surface area (TPSA) is 73.1 Å². The van der Waals surface area contributed by atoms with Gasteiger partial charge in [0, 0.05) is 18.3 Å². The molecule has 5 nitrogen and oxygen atoms in total. The van der Waals surface area contributed by atoms with Crippen LogP contribution < -0.4 is 15.8 Å². The lowest BCUT2D eigenvalue weighted by molar-refractivity contribution is 0.326. The molecule has 0 spiro atoms. The molecular formula is C10H18N4O. The number of rotatable bonds is 6. The summed E-state index contributed by atoms with van der Waals surface area (Å²) in [5.41, 5.74) is 5.46. The number of ether oxygens (including phenoxy) is 1. The third-order valence-corrected chi connectivity index (χ3v) is 1.90. The van der Waals surface area contributed by atoms with Crippen LogP contribution in [0.3, 0.4) is 0 Å². The minimum atomic E-state index is 0.270. The molecule has 5 heteroatoms. The van der Waals surface area contributed by atoms with Gasteiger partial charge in [0.05, 0.1) is 6.61 Å². The quantitative estimate of drug-likeness (QED) is 0.733. The van der Waals surface area contributed by atoms with Gasteiger partial charge in [-0.05, 0) is 26.8 Å². The predicted octanol–water partition coefficient (Wildman–Crippen LogP) is 1.02. The van der Waals surface area contributed by atoms with Gasteiger partial charge in [0.1, 0.15) is 0 Å². The Balaban J connectivity index is 2.56. The Hall–Kier alpha value is -1.36. The number of hydrogen-bond acceptors (Lipinski definition) is 5. The van der Waals surface area contributed by atoms with Crippen molar-refractivity contribution in [1.82, 2.24) is 9.97 Å². The zero-order valence-electron chi connectivity index (χ0n) is 9.23. The molecule has 0 aliphatic carbocycles. The molecule has 1 heterocycles. The fourth-order valence-corrected chi connectivity index (χ4v) is 1.18. The molecule has 0 fully saturated rings. The van der Waals surface area contributed by atoms with Gasteiger partial charge in [-0.1, -0.05) is 0 Å². The summed E-state index contributed by atoms with van der Waals surface area (Å²) in [6.07, 6.45) is 2.57. The molecule has 0 radical (unpaired) electrons. The lowest BCUT2D eigenvalue weighted by atomic mass is 10.2. The molecule has 0 aliphatic heterocycles. The van der Waals surface area contributed by atoms with Crippen LogP contribution in [-0.4, -0.2) is 29.2 Å². The monoisotopic (exact) mass is 210 g/mol. The molecule has 1 aromatic rings. The summed E-state index contributed by atoms with van der Waals surface area (Å²) in [6.45, 7) is 5.23. The Bertz CT molecular complexity index is 293. The van der Waals surface area contributed by atoms with Crippen LogP contribution in [0, 0.1) is 0 Å². The van der Waals surface area contributed by atoms with Crippen molar-refractivity contribution in [3.8, 4) is 5.88 Å². The number of aromatic nitrogens is 2. The lowest BCUT2D eigenvalue weighted by Crippen LogP contribution is -2.20. The number of nitrogens with one attached hydrogen (secondary N) is 1. The fourth-order valence-electron chi connectivity index (χ4n) is 1.18. The highest BCUT2D eigenvalue weighted by Crippen LogP contribution is 2.09. The second-order valence-electron chi connectivity index (χ2n) is 3.27. The van der Waals surface area contributed by atoms with Crippen LogP contribution in [0.1, 0.15) is 20.3 Å². The second-order valence-corrected chi connectivity index (χ2v) is 3.27. The minimum Gasteiger partial charge on any atom is -0.478 e. The van der Waals surface area contributed by atoms with E-state index in [0.717, 1.165) is 6.42 Å². The summed E-state index contributed by atoms with van der Waals surface area (Å²) in [5, 5.41) is 3.16. The zero-order chi connectivity index (χ0) is 11.1. The van der Waals surface area contributed by atoms with Crippen molar-refractivity contribution in [1.29, 1.82) is 0 Å². The molecule has 0 amide bonds. The van der Waals surface area contributed by atoms with E-state index in [4.69, 9.17) is 10.5 Å². The summed E-state index contributed by atoms with van der Waals surface area (Å²) in [6, 6.07) is 2.01. The fraction of sp³-hybridized carbons (Fsp3) is 0.600. The summed E-state index contributed by atoms with van der Waals surface area (Å²) in [7, 11) is 0. The van der Waals surface area contributed by atoms with Crippen molar-refractivity contribution in [2.45, 2.75) is 26.3 Å². The first-order valence-electron chi connectivity index (χ1n) is 5.18. The number of nitrogens with zero attached hydrogens (tertiary/aromatic N) is 2. The molecule has 0 bridgehead atoms. The average Bonchev–Trinajstić information content (AvgIpc) is 2.19. The molecule has 0 aliphatic rings. The summed E-state index contributed by atoms with van der Waals surface area (Å²) >= 11 is 0. The van der Waals surface area contributed by atoms with E-state index in [1.807, 2.05) is 13.8 Å². The third kappa shape index (κ3) is 4.12. The van der Waals surface area contributed by atoms with Crippen molar-refractivity contribution >= 4 is 5.95 Å². The van der Waals surface area contributed by atoms with Gasteiger partial charge in [-0.3, -0.25) is 0 Å². The minimum absolute atomic E-state index is 0.270. The van der Waals surface area contributed by atoms with Crippen molar-refractivity contribution in [2.24, 2.45) is 5.73 Å². The van der Waals surface area contributed by atoms with E-state index in [-0.39, 0.29) is 6.04 Å². The molecule has 1 unspecified atom stereocenters. The second kappa shape index (κ2) is 6.19. The van der Waals surface area contributed by atoms with Gasteiger partial charge in [0.15, 0.2) is 0 Å². The van der Waals surface area contributed by atoms with Gasteiger partial charge in [-0.15, -0.1) is 0 Å². The Morgan fingerprint density at radius 1 is 1.60 bits per heavy atom. The molecule has 0 saturated heterocycles. The number of nitrogens with two attached hydrogens (primary N) is 1. The van der Waals surface area contributed by atoms with Crippen LogP contribution in [0.25, 0.3) is 0 Å². The van der Waals surface area contributed by atoms with Gasteiger partial charge in [0.2, 0.25) is 11.8 Å². The van der Waals surface area contributed by atoms with Crippen molar-refractivity contribution in [2.75, 3.05) is 18.5 Å². The van der Waals surface area contributed by atoms with Crippen LogP contribution in [0.2, 0.25) is 0 Å². The first kappa shape index (κ1) is 11.7. The largest absolute Gasteiger partial charge is 0.478 e. The van der Waals surface area contributed by atoms with Gasteiger partial charge in [0.25, 0.3) is 0 Å². The van der Waals surface area contributed by atoms with E-state index in [9.17, 15) is 0 Å². The van der Waals surface area contributed by atoms with Crippen LogP contribution in [0.4, 0.5) is 5.95 Å². The van der Waals surface area contributed by atoms with Gasteiger partial charge in [-0.25, -0.2) is 4.98 Å². The van der Waals surface area contributed by atoms with E-state index in [0.29, 0.717) is 25.0 Å². The molecule has 1 rings (SSSR count). The Labute approximate surface area is 90.1 Å². The summed E-state index contributed by atoms with van der Waals surface area (Å²) < 4.78 is 5.27. The summed E-state index contributed by atoms with van der Waals surface area (Å²) in [4.78, 5) is 8.30. The average molecular weight is 210 g/mol. The molecule has 1 aromatic heterocycles. The Kier molecular flexibility index (Phi) is 4.83. The highest BCUT2D eigenvalue weighted by Gasteiger charge is 2.03.